The van der Waals surface area contributed by atoms with Crippen LogP contribution in [0.5, 0.6) is 0 Å². The highest BCUT2D eigenvalue weighted by Crippen LogP contribution is 2.12. The van der Waals surface area contributed by atoms with Gasteiger partial charge in [-0.3, -0.25) is 9.88 Å². The molecule has 0 saturated carbocycles. The maximum Gasteiger partial charge on any atom is 0.319 e. The summed E-state index contributed by atoms with van der Waals surface area (Å²) in [5.41, 5.74) is 3.07. The Hall–Kier alpha value is -2.40. The average molecular weight is 312 g/mol. The number of carbonyl (C=O) groups is 1. The van der Waals surface area contributed by atoms with Crippen molar-refractivity contribution >= 4 is 11.7 Å². The van der Waals surface area contributed by atoms with Crippen LogP contribution in [0.15, 0.2) is 48.8 Å². The van der Waals surface area contributed by atoms with E-state index in [1.165, 1.54) is 5.56 Å². The fourth-order valence-corrected chi connectivity index (χ4v) is 2.36. The number of aromatic nitrogens is 1. The van der Waals surface area contributed by atoms with Gasteiger partial charge < -0.3 is 10.6 Å². The van der Waals surface area contributed by atoms with Crippen molar-refractivity contribution < 1.29 is 4.79 Å². The van der Waals surface area contributed by atoms with E-state index in [0.29, 0.717) is 12.2 Å². The van der Waals surface area contributed by atoms with Crippen molar-refractivity contribution in [2.24, 2.45) is 0 Å². The molecule has 0 bridgehead atoms. The zero-order chi connectivity index (χ0) is 16.5. The van der Waals surface area contributed by atoms with Gasteiger partial charge in [0.2, 0.25) is 0 Å². The Morgan fingerprint density at radius 2 is 1.83 bits per heavy atom. The fraction of sp³-hybridized carbons (Fsp3) is 0.333. The Morgan fingerprint density at radius 3 is 2.48 bits per heavy atom. The van der Waals surface area contributed by atoms with Gasteiger partial charge in [0.15, 0.2) is 0 Å². The maximum atomic E-state index is 12.0. The molecule has 5 nitrogen and oxygen atoms in total. The SMILES string of the molecule is CCN(CC)Cc1ccccc1CNC(=O)Nc1cccnc1. The highest BCUT2D eigenvalue weighted by molar-refractivity contribution is 5.88. The lowest BCUT2D eigenvalue weighted by molar-refractivity contribution is 0.251. The third-order valence-corrected chi connectivity index (χ3v) is 3.77. The molecule has 122 valence electrons. The summed E-state index contributed by atoms with van der Waals surface area (Å²) in [5.74, 6) is 0. The molecule has 0 aliphatic heterocycles. The first-order chi connectivity index (χ1) is 11.2. The van der Waals surface area contributed by atoms with Crippen LogP contribution in [0, 0.1) is 0 Å². The molecule has 2 amide bonds. The van der Waals surface area contributed by atoms with Crippen molar-refractivity contribution in [3.8, 4) is 0 Å². The summed E-state index contributed by atoms with van der Waals surface area (Å²) in [6, 6.07) is 11.6. The van der Waals surface area contributed by atoms with E-state index in [1.807, 2.05) is 12.1 Å². The largest absolute Gasteiger partial charge is 0.334 e. The molecule has 2 N–H and O–H groups in total. The van der Waals surface area contributed by atoms with Gasteiger partial charge in [-0.2, -0.15) is 0 Å². The third-order valence-electron chi connectivity index (χ3n) is 3.77. The van der Waals surface area contributed by atoms with Gasteiger partial charge in [-0.25, -0.2) is 4.79 Å². The van der Waals surface area contributed by atoms with Crippen LogP contribution in [-0.4, -0.2) is 29.0 Å². The van der Waals surface area contributed by atoms with Gasteiger partial charge in [-0.05, 0) is 36.3 Å². The number of amides is 2. The standard InChI is InChI=1S/C18H24N4O/c1-3-22(4-2)14-16-9-6-5-8-15(16)12-20-18(23)21-17-10-7-11-19-13-17/h5-11,13H,3-4,12,14H2,1-2H3,(H2,20,21,23). The molecule has 2 aromatic rings. The van der Waals surface area contributed by atoms with Crippen LogP contribution in [-0.2, 0) is 13.1 Å². The van der Waals surface area contributed by atoms with E-state index in [-0.39, 0.29) is 6.03 Å². The van der Waals surface area contributed by atoms with Crippen LogP contribution in [0.25, 0.3) is 0 Å². The van der Waals surface area contributed by atoms with Gasteiger partial charge in [0.1, 0.15) is 0 Å². The Labute approximate surface area is 137 Å². The number of nitrogens with one attached hydrogen (secondary N) is 2. The highest BCUT2D eigenvalue weighted by atomic mass is 16.2. The monoisotopic (exact) mass is 312 g/mol. The molecule has 0 atom stereocenters. The minimum absolute atomic E-state index is 0.226. The van der Waals surface area contributed by atoms with Crippen molar-refractivity contribution in [3.63, 3.8) is 0 Å². The molecule has 0 unspecified atom stereocenters. The normalized spacial score (nSPS) is 10.6. The van der Waals surface area contributed by atoms with E-state index in [9.17, 15) is 4.79 Å². The minimum Gasteiger partial charge on any atom is -0.334 e. The molecule has 0 spiro atoms. The predicted octanol–water partition coefficient (Wildman–Crippen LogP) is 3.25. The molecule has 5 heteroatoms. The van der Waals surface area contributed by atoms with Crippen molar-refractivity contribution in [3.05, 3.63) is 59.9 Å². The molecular weight excluding hydrogens is 288 g/mol. The third kappa shape index (κ3) is 5.38. The molecule has 0 aliphatic rings. The first-order valence-electron chi connectivity index (χ1n) is 7.97. The molecule has 23 heavy (non-hydrogen) atoms. The lowest BCUT2D eigenvalue weighted by atomic mass is 10.1. The first kappa shape index (κ1) is 17.0. The Bertz CT molecular complexity index is 611. The number of hydrogen-bond donors (Lipinski definition) is 2. The van der Waals surface area contributed by atoms with Crippen molar-refractivity contribution in [1.82, 2.24) is 15.2 Å². The van der Waals surface area contributed by atoms with Gasteiger partial charge in [0.25, 0.3) is 0 Å². The summed E-state index contributed by atoms with van der Waals surface area (Å²) in [6.45, 7) is 7.75. The molecule has 1 aromatic carbocycles. The Morgan fingerprint density at radius 1 is 1.09 bits per heavy atom. The van der Waals surface area contributed by atoms with Crippen LogP contribution in [0.1, 0.15) is 25.0 Å². The number of carbonyl (C=O) groups excluding carboxylic acids is 1. The summed E-state index contributed by atoms with van der Waals surface area (Å²) in [5, 5.41) is 5.67. The Balaban J connectivity index is 1.93. The van der Waals surface area contributed by atoms with E-state index in [4.69, 9.17) is 0 Å². The van der Waals surface area contributed by atoms with Crippen molar-refractivity contribution in [1.29, 1.82) is 0 Å². The zero-order valence-corrected chi connectivity index (χ0v) is 13.7. The molecule has 0 fully saturated rings. The molecule has 1 aromatic heterocycles. The van der Waals surface area contributed by atoms with Crippen LogP contribution >= 0.6 is 0 Å². The lowest BCUT2D eigenvalue weighted by Gasteiger charge is -2.20. The van der Waals surface area contributed by atoms with Crippen LogP contribution in [0.4, 0.5) is 10.5 Å². The lowest BCUT2D eigenvalue weighted by Crippen LogP contribution is -2.29. The second-order valence-corrected chi connectivity index (χ2v) is 5.28. The van der Waals surface area contributed by atoms with Crippen LogP contribution in [0.3, 0.4) is 0 Å². The van der Waals surface area contributed by atoms with Gasteiger partial charge in [-0.1, -0.05) is 38.1 Å². The molecule has 2 rings (SSSR count). The number of benzene rings is 1. The van der Waals surface area contributed by atoms with E-state index >= 15 is 0 Å². The van der Waals surface area contributed by atoms with E-state index in [2.05, 4.69) is 46.5 Å². The fourth-order valence-electron chi connectivity index (χ4n) is 2.36. The predicted molar refractivity (Wildman–Crippen MR) is 93.2 cm³/mol. The van der Waals surface area contributed by atoms with Crippen LogP contribution in [0.2, 0.25) is 0 Å². The number of rotatable bonds is 7. The average Bonchev–Trinajstić information content (AvgIpc) is 2.59. The second kappa shape index (κ2) is 8.90. The minimum atomic E-state index is -0.226. The quantitative estimate of drug-likeness (QED) is 0.825. The summed E-state index contributed by atoms with van der Waals surface area (Å²) >= 11 is 0. The van der Waals surface area contributed by atoms with Gasteiger partial charge >= 0.3 is 6.03 Å². The summed E-state index contributed by atoms with van der Waals surface area (Å²) in [6.07, 6.45) is 3.29. The topological polar surface area (TPSA) is 57.3 Å². The number of pyridine rings is 1. The summed E-state index contributed by atoms with van der Waals surface area (Å²) in [7, 11) is 0. The zero-order valence-electron chi connectivity index (χ0n) is 13.7. The number of hydrogen-bond acceptors (Lipinski definition) is 3. The van der Waals surface area contributed by atoms with Crippen molar-refractivity contribution in [2.45, 2.75) is 26.9 Å². The molecule has 0 saturated heterocycles. The van der Waals surface area contributed by atoms with Gasteiger partial charge in [-0.15, -0.1) is 0 Å². The van der Waals surface area contributed by atoms with E-state index in [0.717, 1.165) is 25.2 Å². The summed E-state index contributed by atoms with van der Waals surface area (Å²) < 4.78 is 0. The summed E-state index contributed by atoms with van der Waals surface area (Å²) in [4.78, 5) is 18.3. The number of urea groups is 1. The van der Waals surface area contributed by atoms with Crippen molar-refractivity contribution in [2.75, 3.05) is 18.4 Å². The molecule has 0 aliphatic carbocycles. The number of anilines is 1. The van der Waals surface area contributed by atoms with E-state index < -0.39 is 0 Å². The Kier molecular flexibility index (Phi) is 6.56. The van der Waals surface area contributed by atoms with Crippen LogP contribution < -0.4 is 10.6 Å². The second-order valence-electron chi connectivity index (χ2n) is 5.28. The smallest absolute Gasteiger partial charge is 0.319 e. The van der Waals surface area contributed by atoms with E-state index in [1.54, 1.807) is 24.5 Å². The van der Waals surface area contributed by atoms with Gasteiger partial charge in [0.05, 0.1) is 11.9 Å². The molecular formula is C18H24N4O. The highest BCUT2D eigenvalue weighted by Gasteiger charge is 2.07. The molecule has 1 heterocycles. The van der Waals surface area contributed by atoms with Gasteiger partial charge in [0, 0.05) is 19.3 Å². The molecule has 0 radical (unpaired) electrons. The maximum absolute atomic E-state index is 12.0. The number of nitrogens with zero attached hydrogens (tertiary/aromatic N) is 2. The first-order valence-corrected chi connectivity index (χ1v) is 7.97.